The number of aryl methyl sites for hydroxylation is 1. The van der Waals surface area contributed by atoms with Crippen molar-refractivity contribution in [2.45, 2.75) is 33.3 Å². The van der Waals surface area contributed by atoms with Gasteiger partial charge in [0.1, 0.15) is 35.3 Å². The molecule has 0 bridgehead atoms. The summed E-state index contributed by atoms with van der Waals surface area (Å²) in [5.74, 6) is 2.16. The van der Waals surface area contributed by atoms with E-state index in [2.05, 4.69) is 36.4 Å². The lowest BCUT2D eigenvalue weighted by molar-refractivity contribution is -0.0452. The highest BCUT2D eigenvalue weighted by molar-refractivity contribution is 5.87. The quantitative estimate of drug-likeness (QED) is 0.331. The number of hydrogen-bond acceptors (Lipinski definition) is 9. The molecule has 1 aromatic carbocycles. The summed E-state index contributed by atoms with van der Waals surface area (Å²) in [5.41, 5.74) is 4.18. The summed E-state index contributed by atoms with van der Waals surface area (Å²) in [6.07, 6.45) is 6.59. The monoisotopic (exact) mass is 553 g/mol. The standard InChI is InChI=1S/C29H31N9O3/c1-19-11-20(5-6-23(19)40-21-7-9-37-24(12-21)30-17-32-37)34-26-25-22(8-10-38(25)33-18-31-26)35-13-29(14-35)15-36(16-29)27(39)41-28(2,3)4/h5-12,17-18H,13-16H2,1-4H3,(H,31,33,34). The Bertz CT molecular complexity index is 1770. The molecule has 2 fully saturated rings. The van der Waals surface area contributed by atoms with E-state index in [-0.39, 0.29) is 11.5 Å². The fourth-order valence-electron chi connectivity index (χ4n) is 5.60. The Morgan fingerprint density at radius 1 is 0.951 bits per heavy atom. The second-order valence-corrected chi connectivity index (χ2v) is 11.9. The number of fused-ring (bicyclic) bond motifs is 2. The smallest absolute Gasteiger partial charge is 0.410 e. The van der Waals surface area contributed by atoms with E-state index < -0.39 is 5.60 Å². The Balaban J connectivity index is 1.05. The van der Waals surface area contributed by atoms with Crippen LogP contribution in [0.3, 0.4) is 0 Å². The molecule has 5 aromatic rings. The predicted octanol–water partition coefficient (Wildman–Crippen LogP) is 4.67. The van der Waals surface area contributed by atoms with Gasteiger partial charge in [0.15, 0.2) is 11.5 Å². The van der Waals surface area contributed by atoms with Gasteiger partial charge in [-0.3, -0.25) is 0 Å². The third-order valence-corrected chi connectivity index (χ3v) is 7.45. The zero-order valence-electron chi connectivity index (χ0n) is 23.4. The van der Waals surface area contributed by atoms with Crippen LogP contribution in [0.25, 0.3) is 11.2 Å². The summed E-state index contributed by atoms with van der Waals surface area (Å²) in [6, 6.07) is 11.7. The van der Waals surface area contributed by atoms with Crippen molar-refractivity contribution in [3.8, 4) is 11.5 Å². The maximum Gasteiger partial charge on any atom is 0.410 e. The molecule has 1 spiro atoms. The lowest BCUT2D eigenvalue weighted by atomic mass is 9.73. The first-order valence-corrected chi connectivity index (χ1v) is 13.5. The zero-order chi connectivity index (χ0) is 28.4. The fourth-order valence-corrected chi connectivity index (χ4v) is 5.60. The molecule has 0 unspecified atom stereocenters. The van der Waals surface area contributed by atoms with Gasteiger partial charge >= 0.3 is 6.09 Å². The number of carbonyl (C=O) groups is 1. The van der Waals surface area contributed by atoms with Crippen molar-refractivity contribution in [1.82, 2.24) is 34.1 Å². The van der Waals surface area contributed by atoms with E-state index in [1.807, 2.05) is 74.9 Å². The molecule has 7 rings (SSSR count). The van der Waals surface area contributed by atoms with Crippen LogP contribution in [-0.2, 0) is 4.74 Å². The van der Waals surface area contributed by atoms with Gasteiger partial charge in [0.2, 0.25) is 0 Å². The van der Waals surface area contributed by atoms with Gasteiger partial charge in [-0.05, 0) is 63.6 Å². The summed E-state index contributed by atoms with van der Waals surface area (Å²) in [6.45, 7) is 10.8. The summed E-state index contributed by atoms with van der Waals surface area (Å²) < 4.78 is 15.2. The molecule has 2 aliphatic rings. The van der Waals surface area contributed by atoms with E-state index in [0.29, 0.717) is 18.8 Å². The predicted molar refractivity (Wildman–Crippen MR) is 153 cm³/mol. The first-order chi connectivity index (χ1) is 19.6. The number of rotatable bonds is 5. The number of carbonyl (C=O) groups excluding carboxylic acids is 1. The number of ether oxygens (including phenoxy) is 2. The number of aromatic nitrogens is 6. The molecule has 0 aliphatic carbocycles. The Morgan fingerprint density at radius 2 is 1.71 bits per heavy atom. The Labute approximate surface area is 236 Å². The van der Waals surface area contributed by atoms with Gasteiger partial charge in [-0.2, -0.15) is 10.2 Å². The van der Waals surface area contributed by atoms with Crippen LogP contribution >= 0.6 is 0 Å². The Hall–Kier alpha value is -4.87. The number of nitrogens with one attached hydrogen (secondary N) is 1. The van der Waals surface area contributed by atoms with Crippen LogP contribution in [0.5, 0.6) is 11.5 Å². The fraction of sp³-hybridized carbons (Fsp3) is 0.345. The van der Waals surface area contributed by atoms with Crippen LogP contribution in [0.4, 0.5) is 22.0 Å². The van der Waals surface area contributed by atoms with Gasteiger partial charge in [-0.1, -0.05) is 0 Å². The van der Waals surface area contributed by atoms with Crippen LogP contribution in [0.15, 0.2) is 61.4 Å². The molecule has 12 heteroatoms. The van der Waals surface area contributed by atoms with Gasteiger partial charge in [0.05, 0.1) is 5.69 Å². The minimum Gasteiger partial charge on any atom is -0.457 e. The molecule has 0 atom stereocenters. The first kappa shape index (κ1) is 25.1. The lowest BCUT2D eigenvalue weighted by Crippen LogP contribution is -2.73. The highest BCUT2D eigenvalue weighted by Gasteiger charge is 2.54. The number of hydrogen-bond donors (Lipinski definition) is 1. The molecule has 2 saturated heterocycles. The van der Waals surface area contributed by atoms with Gasteiger partial charge in [0, 0.05) is 55.7 Å². The Kier molecular flexibility index (Phi) is 5.56. The molecule has 1 N–H and O–H groups in total. The van der Waals surface area contributed by atoms with Crippen LogP contribution < -0.4 is 15.0 Å². The van der Waals surface area contributed by atoms with Gasteiger partial charge in [-0.25, -0.2) is 23.8 Å². The SMILES string of the molecule is Cc1cc(Nc2ncnn3ccc(N4CC5(CN(C(=O)OC(C)(C)C)C5)C4)c23)ccc1Oc1ccn2ncnc2c1. The summed E-state index contributed by atoms with van der Waals surface area (Å²) in [5, 5.41) is 12.0. The largest absolute Gasteiger partial charge is 0.457 e. The first-order valence-electron chi connectivity index (χ1n) is 13.5. The molecule has 210 valence electrons. The van der Waals surface area contributed by atoms with Crippen molar-refractivity contribution >= 4 is 34.4 Å². The molecule has 41 heavy (non-hydrogen) atoms. The van der Waals surface area contributed by atoms with Crippen molar-refractivity contribution < 1.29 is 14.3 Å². The van der Waals surface area contributed by atoms with Crippen LogP contribution in [0.1, 0.15) is 26.3 Å². The number of pyridine rings is 1. The van der Waals surface area contributed by atoms with E-state index in [9.17, 15) is 4.79 Å². The second kappa shape index (κ2) is 9.08. The maximum atomic E-state index is 12.4. The number of likely N-dealkylation sites (tertiary alicyclic amines) is 1. The molecule has 0 saturated carbocycles. The third-order valence-electron chi connectivity index (χ3n) is 7.45. The lowest BCUT2D eigenvalue weighted by Gasteiger charge is -2.60. The van der Waals surface area contributed by atoms with Crippen LogP contribution in [0, 0.1) is 12.3 Å². The minimum absolute atomic E-state index is 0.111. The summed E-state index contributed by atoms with van der Waals surface area (Å²) >= 11 is 0. The molecule has 2 aliphatic heterocycles. The molecule has 0 radical (unpaired) electrons. The van der Waals surface area contributed by atoms with Crippen molar-refractivity contribution in [3.05, 3.63) is 67.0 Å². The number of amides is 1. The molecule has 4 aromatic heterocycles. The highest BCUT2D eigenvalue weighted by Crippen LogP contribution is 2.44. The van der Waals surface area contributed by atoms with E-state index in [4.69, 9.17) is 9.47 Å². The molecule has 1 amide bonds. The van der Waals surface area contributed by atoms with E-state index in [1.54, 1.807) is 15.7 Å². The van der Waals surface area contributed by atoms with Crippen molar-refractivity contribution in [2.24, 2.45) is 5.41 Å². The average Bonchev–Trinajstić information content (AvgIpc) is 3.50. The van der Waals surface area contributed by atoms with Crippen molar-refractivity contribution in [3.63, 3.8) is 0 Å². The third kappa shape index (κ3) is 4.64. The second-order valence-electron chi connectivity index (χ2n) is 11.9. The highest BCUT2D eigenvalue weighted by atomic mass is 16.6. The van der Waals surface area contributed by atoms with Gasteiger partial charge in [0.25, 0.3) is 0 Å². The normalized spacial score (nSPS) is 16.1. The topological polar surface area (TPSA) is 114 Å². The average molecular weight is 554 g/mol. The number of anilines is 3. The van der Waals surface area contributed by atoms with Crippen molar-refractivity contribution in [1.29, 1.82) is 0 Å². The van der Waals surface area contributed by atoms with E-state index in [0.717, 1.165) is 52.8 Å². The summed E-state index contributed by atoms with van der Waals surface area (Å²) in [7, 11) is 0. The van der Waals surface area contributed by atoms with Crippen LogP contribution in [-0.4, -0.2) is 72.0 Å². The molecule has 6 heterocycles. The minimum atomic E-state index is -0.486. The van der Waals surface area contributed by atoms with E-state index >= 15 is 0 Å². The van der Waals surface area contributed by atoms with E-state index in [1.165, 1.54) is 6.33 Å². The maximum absolute atomic E-state index is 12.4. The number of benzene rings is 1. The van der Waals surface area contributed by atoms with Gasteiger partial charge < -0.3 is 24.6 Å². The van der Waals surface area contributed by atoms with Crippen molar-refractivity contribution in [2.75, 3.05) is 36.4 Å². The molecule has 12 nitrogen and oxygen atoms in total. The summed E-state index contributed by atoms with van der Waals surface area (Å²) in [4.78, 5) is 25.3. The number of nitrogens with zero attached hydrogens (tertiary/aromatic N) is 8. The zero-order valence-corrected chi connectivity index (χ0v) is 23.4. The molecular weight excluding hydrogens is 522 g/mol. The Morgan fingerprint density at radius 3 is 2.49 bits per heavy atom. The molecular formula is C29H31N9O3. The van der Waals surface area contributed by atoms with Crippen LogP contribution in [0.2, 0.25) is 0 Å². The van der Waals surface area contributed by atoms with Gasteiger partial charge in [-0.15, -0.1) is 0 Å².